The van der Waals surface area contributed by atoms with Crippen molar-refractivity contribution in [2.45, 2.75) is 32.6 Å². The predicted molar refractivity (Wildman–Crippen MR) is 79.2 cm³/mol. The number of phenols is 1. The second-order valence-electron chi connectivity index (χ2n) is 5.50. The Hall–Kier alpha value is -2.04. The van der Waals surface area contributed by atoms with Crippen LogP contribution in [0.5, 0.6) is 5.75 Å². The summed E-state index contributed by atoms with van der Waals surface area (Å²) >= 11 is 0. The van der Waals surface area contributed by atoms with E-state index in [0.717, 1.165) is 12.8 Å². The van der Waals surface area contributed by atoms with Gasteiger partial charge in [0, 0.05) is 24.2 Å². The van der Waals surface area contributed by atoms with Crippen LogP contribution in [-0.4, -0.2) is 28.6 Å². The smallest absolute Gasteiger partial charge is 0.306 e. The Morgan fingerprint density at radius 2 is 2.00 bits per heavy atom. The van der Waals surface area contributed by atoms with Crippen molar-refractivity contribution in [1.29, 1.82) is 0 Å². The SMILES string of the molecule is CCN(C(=O)C1CCCC(C(=O)O)C1)c1cccc(O)c1. The van der Waals surface area contributed by atoms with E-state index in [1.807, 2.05) is 6.92 Å². The molecule has 5 heteroatoms. The summed E-state index contributed by atoms with van der Waals surface area (Å²) < 4.78 is 0. The zero-order valence-electron chi connectivity index (χ0n) is 12.2. The van der Waals surface area contributed by atoms with Crippen LogP contribution in [0.4, 0.5) is 5.69 Å². The molecule has 0 spiro atoms. The fraction of sp³-hybridized carbons (Fsp3) is 0.500. The van der Waals surface area contributed by atoms with Gasteiger partial charge in [-0.05, 0) is 38.3 Å². The third-order valence-electron chi connectivity index (χ3n) is 4.10. The Balaban J connectivity index is 2.14. The molecule has 1 aliphatic rings. The molecule has 1 aromatic rings. The minimum Gasteiger partial charge on any atom is -0.508 e. The zero-order chi connectivity index (χ0) is 15.4. The monoisotopic (exact) mass is 291 g/mol. The first-order valence-corrected chi connectivity index (χ1v) is 7.36. The van der Waals surface area contributed by atoms with E-state index < -0.39 is 11.9 Å². The number of aliphatic carboxylic acids is 1. The topological polar surface area (TPSA) is 77.8 Å². The summed E-state index contributed by atoms with van der Waals surface area (Å²) in [4.78, 5) is 25.4. The van der Waals surface area contributed by atoms with Crippen molar-refractivity contribution in [3.8, 4) is 5.75 Å². The van der Waals surface area contributed by atoms with Gasteiger partial charge >= 0.3 is 5.97 Å². The lowest BCUT2D eigenvalue weighted by Crippen LogP contribution is -2.39. The fourth-order valence-corrected chi connectivity index (χ4v) is 2.99. The van der Waals surface area contributed by atoms with Crippen LogP contribution in [0.25, 0.3) is 0 Å². The molecular formula is C16H21NO4. The summed E-state index contributed by atoms with van der Waals surface area (Å²) in [6, 6.07) is 6.59. The molecule has 0 saturated heterocycles. The quantitative estimate of drug-likeness (QED) is 0.894. The van der Waals surface area contributed by atoms with E-state index in [4.69, 9.17) is 5.11 Å². The molecule has 1 amide bonds. The molecule has 5 nitrogen and oxygen atoms in total. The minimum atomic E-state index is -0.812. The Morgan fingerprint density at radius 3 is 2.62 bits per heavy atom. The van der Waals surface area contributed by atoms with Gasteiger partial charge in [0.1, 0.15) is 5.75 Å². The zero-order valence-corrected chi connectivity index (χ0v) is 12.2. The van der Waals surface area contributed by atoms with Gasteiger partial charge in [-0.1, -0.05) is 12.5 Å². The molecule has 2 rings (SSSR count). The molecule has 1 aliphatic carbocycles. The van der Waals surface area contributed by atoms with Crippen molar-refractivity contribution in [2.24, 2.45) is 11.8 Å². The van der Waals surface area contributed by atoms with Crippen LogP contribution < -0.4 is 4.90 Å². The summed E-state index contributed by atoms with van der Waals surface area (Å²) in [5.41, 5.74) is 0.653. The lowest BCUT2D eigenvalue weighted by atomic mass is 9.80. The number of carboxylic acid groups (broad SMARTS) is 1. The van der Waals surface area contributed by atoms with Crippen molar-refractivity contribution >= 4 is 17.6 Å². The summed E-state index contributed by atoms with van der Waals surface area (Å²) in [5.74, 6) is -1.41. The standard InChI is InChI=1S/C16H21NO4/c1-2-17(13-7-4-8-14(18)10-13)15(19)11-5-3-6-12(9-11)16(20)21/h4,7-8,10-12,18H,2-3,5-6,9H2,1H3,(H,20,21). The van der Waals surface area contributed by atoms with Crippen LogP contribution in [0.15, 0.2) is 24.3 Å². The van der Waals surface area contributed by atoms with Gasteiger partial charge in [0.05, 0.1) is 5.92 Å². The normalized spacial score (nSPS) is 21.8. The molecule has 2 atom stereocenters. The number of hydrogen-bond donors (Lipinski definition) is 2. The highest BCUT2D eigenvalue weighted by molar-refractivity contribution is 5.95. The van der Waals surface area contributed by atoms with Gasteiger partial charge in [-0.2, -0.15) is 0 Å². The molecule has 1 aromatic carbocycles. The van der Waals surface area contributed by atoms with Gasteiger partial charge in [-0.3, -0.25) is 9.59 Å². The molecule has 21 heavy (non-hydrogen) atoms. The molecular weight excluding hydrogens is 270 g/mol. The first-order chi connectivity index (χ1) is 10.0. The van der Waals surface area contributed by atoms with Gasteiger partial charge in [-0.25, -0.2) is 0 Å². The first-order valence-electron chi connectivity index (χ1n) is 7.36. The summed E-state index contributed by atoms with van der Waals surface area (Å²) in [5, 5.41) is 18.7. The predicted octanol–water partition coefficient (Wildman–Crippen LogP) is 2.64. The highest BCUT2D eigenvalue weighted by Gasteiger charge is 2.33. The van der Waals surface area contributed by atoms with Crippen LogP contribution in [0, 0.1) is 11.8 Å². The highest BCUT2D eigenvalue weighted by atomic mass is 16.4. The molecule has 0 radical (unpaired) electrons. The third kappa shape index (κ3) is 3.54. The van der Waals surface area contributed by atoms with E-state index >= 15 is 0 Å². The number of phenolic OH excluding ortho intramolecular Hbond substituents is 1. The van der Waals surface area contributed by atoms with Crippen LogP contribution in [0.3, 0.4) is 0 Å². The Kier molecular flexibility index (Phi) is 4.83. The summed E-state index contributed by atoms with van der Waals surface area (Å²) in [7, 11) is 0. The average molecular weight is 291 g/mol. The number of benzene rings is 1. The highest BCUT2D eigenvalue weighted by Crippen LogP contribution is 2.32. The largest absolute Gasteiger partial charge is 0.508 e. The maximum atomic E-state index is 12.7. The Bertz CT molecular complexity index is 529. The number of carbonyl (C=O) groups is 2. The number of hydrogen-bond acceptors (Lipinski definition) is 3. The van der Waals surface area contributed by atoms with Crippen molar-refractivity contribution in [1.82, 2.24) is 0 Å². The minimum absolute atomic E-state index is 0.0472. The second-order valence-corrected chi connectivity index (χ2v) is 5.50. The van der Waals surface area contributed by atoms with Gasteiger partial charge in [0.15, 0.2) is 0 Å². The molecule has 0 aromatic heterocycles. The lowest BCUT2D eigenvalue weighted by Gasteiger charge is -2.31. The van der Waals surface area contributed by atoms with E-state index in [2.05, 4.69) is 0 Å². The van der Waals surface area contributed by atoms with Gasteiger partial charge in [0.2, 0.25) is 5.91 Å². The molecule has 2 unspecified atom stereocenters. The number of rotatable bonds is 4. The number of amides is 1. The van der Waals surface area contributed by atoms with E-state index in [0.29, 0.717) is 25.1 Å². The third-order valence-corrected chi connectivity index (χ3v) is 4.10. The second kappa shape index (κ2) is 6.61. The van der Waals surface area contributed by atoms with E-state index in [1.165, 1.54) is 0 Å². The van der Waals surface area contributed by atoms with E-state index in [1.54, 1.807) is 29.2 Å². The van der Waals surface area contributed by atoms with Crippen LogP contribution in [0.1, 0.15) is 32.6 Å². The van der Waals surface area contributed by atoms with E-state index in [-0.39, 0.29) is 17.6 Å². The van der Waals surface area contributed by atoms with Crippen molar-refractivity contribution in [3.05, 3.63) is 24.3 Å². The van der Waals surface area contributed by atoms with Crippen molar-refractivity contribution in [3.63, 3.8) is 0 Å². The molecule has 0 bridgehead atoms. The van der Waals surface area contributed by atoms with Crippen molar-refractivity contribution in [2.75, 3.05) is 11.4 Å². The number of aromatic hydroxyl groups is 1. The Morgan fingerprint density at radius 1 is 1.29 bits per heavy atom. The number of anilines is 1. The molecule has 0 heterocycles. The summed E-state index contributed by atoms with van der Waals surface area (Å²) in [6.45, 7) is 2.37. The number of nitrogens with zero attached hydrogens (tertiary/aromatic N) is 1. The molecule has 0 aliphatic heterocycles. The number of carbonyl (C=O) groups excluding carboxylic acids is 1. The Labute approximate surface area is 124 Å². The van der Waals surface area contributed by atoms with Crippen molar-refractivity contribution < 1.29 is 19.8 Å². The maximum absolute atomic E-state index is 12.7. The molecule has 114 valence electrons. The van der Waals surface area contributed by atoms with E-state index in [9.17, 15) is 14.7 Å². The fourth-order valence-electron chi connectivity index (χ4n) is 2.99. The molecule has 2 N–H and O–H groups in total. The lowest BCUT2D eigenvalue weighted by molar-refractivity contribution is -0.143. The first kappa shape index (κ1) is 15.4. The van der Waals surface area contributed by atoms with Gasteiger partial charge < -0.3 is 15.1 Å². The van der Waals surface area contributed by atoms with Gasteiger partial charge in [-0.15, -0.1) is 0 Å². The van der Waals surface area contributed by atoms with Crippen LogP contribution in [-0.2, 0) is 9.59 Å². The maximum Gasteiger partial charge on any atom is 0.306 e. The summed E-state index contributed by atoms with van der Waals surface area (Å²) in [6.07, 6.45) is 2.56. The van der Waals surface area contributed by atoms with Gasteiger partial charge in [0.25, 0.3) is 0 Å². The van der Waals surface area contributed by atoms with Crippen LogP contribution >= 0.6 is 0 Å². The van der Waals surface area contributed by atoms with Crippen LogP contribution in [0.2, 0.25) is 0 Å². The molecule has 1 fully saturated rings. The molecule has 1 saturated carbocycles. The number of carboxylic acids is 1. The average Bonchev–Trinajstić information content (AvgIpc) is 2.48.